The molecule has 0 saturated heterocycles. The van der Waals surface area contributed by atoms with E-state index in [9.17, 15) is 9.59 Å². The maximum Gasteiger partial charge on any atom is 0.243 e. The molecule has 2 aromatic rings. The lowest BCUT2D eigenvalue weighted by molar-refractivity contribution is -0.139. The fourth-order valence-corrected chi connectivity index (χ4v) is 4.55. The van der Waals surface area contributed by atoms with Crippen LogP contribution in [-0.2, 0) is 21.9 Å². The predicted octanol–water partition coefficient (Wildman–Crippen LogP) is 5.87. The fraction of sp³-hybridized carbons (Fsp3) is 0.417. The summed E-state index contributed by atoms with van der Waals surface area (Å²) in [6, 6.07) is 12.9. The van der Waals surface area contributed by atoms with E-state index in [0.29, 0.717) is 28.8 Å². The lowest BCUT2D eigenvalue weighted by Gasteiger charge is -2.31. The molecule has 0 aliphatic carbocycles. The minimum absolute atomic E-state index is 0.00101. The zero-order valence-corrected chi connectivity index (χ0v) is 20.8. The number of aryl methyl sites for hydroxylation is 1. The molecule has 31 heavy (non-hydrogen) atoms. The molecule has 2 amide bonds. The lowest BCUT2D eigenvalue weighted by Crippen LogP contribution is -2.50. The molecule has 0 aliphatic heterocycles. The van der Waals surface area contributed by atoms with Crippen LogP contribution in [0, 0.1) is 6.92 Å². The molecular formula is C24H30Cl2N2O2S. The zero-order chi connectivity index (χ0) is 23.0. The molecule has 0 aromatic heterocycles. The molecule has 0 bridgehead atoms. The summed E-state index contributed by atoms with van der Waals surface area (Å²) in [5, 5.41) is 3.83. The maximum atomic E-state index is 13.2. The molecule has 0 heterocycles. The summed E-state index contributed by atoms with van der Waals surface area (Å²) in [4.78, 5) is 27.7. The van der Waals surface area contributed by atoms with Crippen LogP contribution in [0.3, 0.4) is 0 Å². The molecule has 1 N–H and O–H groups in total. The number of benzene rings is 2. The van der Waals surface area contributed by atoms with Gasteiger partial charge in [0.2, 0.25) is 11.8 Å². The van der Waals surface area contributed by atoms with E-state index < -0.39 is 6.04 Å². The average Bonchev–Trinajstić information content (AvgIpc) is 2.71. The Morgan fingerprint density at radius 2 is 1.81 bits per heavy atom. The van der Waals surface area contributed by atoms with Crippen LogP contribution in [0.2, 0.25) is 10.0 Å². The van der Waals surface area contributed by atoms with E-state index in [1.807, 2.05) is 39.0 Å². The van der Waals surface area contributed by atoms with Gasteiger partial charge >= 0.3 is 0 Å². The second-order valence-electron chi connectivity index (χ2n) is 7.78. The molecule has 7 heteroatoms. The van der Waals surface area contributed by atoms with Gasteiger partial charge in [0.25, 0.3) is 0 Å². The molecular weight excluding hydrogens is 451 g/mol. The second-order valence-corrected chi connectivity index (χ2v) is 9.58. The Bertz CT molecular complexity index is 905. The summed E-state index contributed by atoms with van der Waals surface area (Å²) in [7, 11) is 0. The third-order valence-corrected chi connectivity index (χ3v) is 6.60. The summed E-state index contributed by atoms with van der Waals surface area (Å²) < 4.78 is 0. The van der Waals surface area contributed by atoms with Crippen LogP contribution >= 0.6 is 35.0 Å². The van der Waals surface area contributed by atoms with Gasteiger partial charge in [-0.05, 0) is 56.0 Å². The first-order chi connectivity index (χ1) is 14.7. The third kappa shape index (κ3) is 7.74. The lowest BCUT2D eigenvalue weighted by atomic mass is 10.1. The van der Waals surface area contributed by atoms with E-state index in [4.69, 9.17) is 23.2 Å². The standard InChI is InChI=1S/C24H30Cl2N2O2S/c1-5-22(24(30)27-16(2)3)28(13-18-10-11-20(25)21(26)12-18)23(29)15-31-14-19-9-7-6-8-17(19)4/h6-12,16,22H,5,13-15H2,1-4H3,(H,27,30)/t22-/m0/s1. The second kappa shape index (κ2) is 12.4. The molecule has 2 rings (SSSR count). The Hall–Kier alpha value is -1.69. The Kier molecular flexibility index (Phi) is 10.2. The van der Waals surface area contributed by atoms with E-state index >= 15 is 0 Å². The SMILES string of the molecule is CC[C@@H](C(=O)NC(C)C)N(Cc1ccc(Cl)c(Cl)c1)C(=O)CSCc1ccccc1C. The largest absolute Gasteiger partial charge is 0.352 e. The summed E-state index contributed by atoms with van der Waals surface area (Å²) in [5.41, 5.74) is 3.25. The summed E-state index contributed by atoms with van der Waals surface area (Å²) in [6.07, 6.45) is 0.522. The number of hydrogen-bond donors (Lipinski definition) is 1. The average molecular weight is 481 g/mol. The highest BCUT2D eigenvalue weighted by molar-refractivity contribution is 7.99. The smallest absolute Gasteiger partial charge is 0.243 e. The zero-order valence-electron chi connectivity index (χ0n) is 18.5. The highest BCUT2D eigenvalue weighted by Gasteiger charge is 2.29. The van der Waals surface area contributed by atoms with E-state index in [2.05, 4.69) is 24.4 Å². The van der Waals surface area contributed by atoms with Gasteiger partial charge in [-0.15, -0.1) is 11.8 Å². The van der Waals surface area contributed by atoms with Gasteiger partial charge in [-0.1, -0.05) is 60.5 Å². The van der Waals surface area contributed by atoms with E-state index in [1.54, 1.807) is 28.8 Å². The maximum absolute atomic E-state index is 13.2. The number of amides is 2. The normalized spacial score (nSPS) is 12.0. The Morgan fingerprint density at radius 3 is 2.42 bits per heavy atom. The Morgan fingerprint density at radius 1 is 1.10 bits per heavy atom. The van der Waals surface area contributed by atoms with Crippen molar-refractivity contribution in [3.8, 4) is 0 Å². The van der Waals surface area contributed by atoms with Gasteiger partial charge in [-0.25, -0.2) is 0 Å². The van der Waals surface area contributed by atoms with Gasteiger partial charge in [0.1, 0.15) is 6.04 Å². The number of nitrogens with one attached hydrogen (secondary N) is 1. The van der Waals surface area contributed by atoms with Crippen molar-refractivity contribution in [2.24, 2.45) is 0 Å². The molecule has 0 aliphatic rings. The van der Waals surface area contributed by atoms with Crippen LogP contribution < -0.4 is 5.32 Å². The first kappa shape index (κ1) is 25.6. The third-order valence-electron chi connectivity index (χ3n) is 4.90. The van der Waals surface area contributed by atoms with Crippen molar-refractivity contribution in [2.45, 2.75) is 58.5 Å². The Labute approximate surface area is 199 Å². The monoisotopic (exact) mass is 480 g/mol. The Balaban J connectivity index is 2.18. The minimum atomic E-state index is -0.552. The van der Waals surface area contributed by atoms with Crippen molar-refractivity contribution in [3.63, 3.8) is 0 Å². The van der Waals surface area contributed by atoms with Crippen LogP contribution in [0.5, 0.6) is 0 Å². The van der Waals surface area contributed by atoms with E-state index in [0.717, 1.165) is 11.3 Å². The van der Waals surface area contributed by atoms with Gasteiger partial charge < -0.3 is 10.2 Å². The van der Waals surface area contributed by atoms with Gasteiger partial charge in [0.15, 0.2) is 0 Å². The first-order valence-electron chi connectivity index (χ1n) is 10.4. The van der Waals surface area contributed by atoms with Crippen LogP contribution in [0.15, 0.2) is 42.5 Å². The van der Waals surface area contributed by atoms with Crippen molar-refractivity contribution in [1.29, 1.82) is 0 Å². The quantitative estimate of drug-likeness (QED) is 0.462. The highest BCUT2D eigenvalue weighted by atomic mass is 35.5. The number of rotatable bonds is 10. The van der Waals surface area contributed by atoms with Gasteiger partial charge in [-0.3, -0.25) is 9.59 Å². The summed E-state index contributed by atoms with van der Waals surface area (Å²) in [5.74, 6) is 0.819. The van der Waals surface area contributed by atoms with E-state index in [1.165, 1.54) is 11.1 Å². The van der Waals surface area contributed by atoms with Crippen molar-refractivity contribution in [3.05, 3.63) is 69.2 Å². The molecule has 0 fully saturated rings. The summed E-state index contributed by atoms with van der Waals surface area (Å²) in [6.45, 7) is 8.10. The number of thioether (sulfide) groups is 1. The summed E-state index contributed by atoms with van der Waals surface area (Å²) >= 11 is 13.8. The van der Waals surface area contributed by atoms with Crippen LogP contribution in [0.25, 0.3) is 0 Å². The van der Waals surface area contributed by atoms with Crippen molar-refractivity contribution >= 4 is 46.8 Å². The topological polar surface area (TPSA) is 49.4 Å². The molecule has 2 aromatic carbocycles. The van der Waals surface area contributed by atoms with Crippen molar-refractivity contribution in [2.75, 3.05) is 5.75 Å². The molecule has 0 radical (unpaired) electrons. The number of carbonyl (C=O) groups is 2. The first-order valence-corrected chi connectivity index (χ1v) is 12.3. The van der Waals surface area contributed by atoms with Crippen molar-refractivity contribution in [1.82, 2.24) is 10.2 Å². The molecule has 0 spiro atoms. The van der Waals surface area contributed by atoms with Crippen LogP contribution in [-0.4, -0.2) is 34.6 Å². The molecule has 1 atom stereocenters. The number of halogens is 2. The molecule has 168 valence electrons. The number of hydrogen-bond acceptors (Lipinski definition) is 3. The molecule has 0 unspecified atom stereocenters. The van der Waals surface area contributed by atoms with Crippen molar-refractivity contribution < 1.29 is 9.59 Å². The molecule has 0 saturated carbocycles. The number of carbonyl (C=O) groups excluding carboxylic acids is 2. The predicted molar refractivity (Wildman–Crippen MR) is 132 cm³/mol. The number of nitrogens with zero attached hydrogens (tertiary/aromatic N) is 1. The van der Waals surface area contributed by atoms with E-state index in [-0.39, 0.29) is 17.9 Å². The highest BCUT2D eigenvalue weighted by Crippen LogP contribution is 2.25. The fourth-order valence-electron chi connectivity index (χ4n) is 3.24. The van der Waals surface area contributed by atoms with Crippen LogP contribution in [0.4, 0.5) is 0 Å². The van der Waals surface area contributed by atoms with Crippen LogP contribution in [0.1, 0.15) is 43.9 Å². The van der Waals surface area contributed by atoms with Gasteiger partial charge in [0.05, 0.1) is 15.8 Å². The van der Waals surface area contributed by atoms with Gasteiger partial charge in [0, 0.05) is 18.3 Å². The minimum Gasteiger partial charge on any atom is -0.352 e. The van der Waals surface area contributed by atoms with Gasteiger partial charge in [-0.2, -0.15) is 0 Å². The molecule has 4 nitrogen and oxygen atoms in total.